The SMILES string of the molecule is CC1(CO[Si](C)(C)C(C)(C)C)CNc2c(C#N)cc(-c3ccnc(Cc4ccc5c(c4)CC(CO)OC5)n3)cc21. The number of anilines is 1. The Hall–Kier alpha value is -3.09. The first-order valence-corrected chi connectivity index (χ1v) is 17.0. The Morgan fingerprint density at radius 1 is 1.20 bits per heavy atom. The number of nitrogens with one attached hydrogen (secondary N) is 1. The van der Waals surface area contributed by atoms with E-state index in [1.165, 1.54) is 11.1 Å². The fourth-order valence-corrected chi connectivity index (χ4v) is 6.30. The standard InChI is InChI=1S/C32H40N4O3Si/c1-31(2,3)40(5,6)39-20-32(4)19-35-30-25(16-33)13-24(15-27(30)32)28-9-10-34-29(36-28)12-21-7-8-22-18-38-26(17-37)14-23(22)11-21/h7-11,13,15,26,35,37H,12,14,17-20H2,1-6H3. The average Bonchev–Trinajstić information content (AvgIpc) is 3.27. The first-order valence-electron chi connectivity index (χ1n) is 14.0. The third kappa shape index (κ3) is 5.57. The summed E-state index contributed by atoms with van der Waals surface area (Å²) < 4.78 is 12.3. The van der Waals surface area contributed by atoms with E-state index in [2.05, 4.69) is 81.4 Å². The van der Waals surface area contributed by atoms with E-state index >= 15 is 0 Å². The number of hydrogen-bond acceptors (Lipinski definition) is 7. The molecule has 0 amide bonds. The quantitative estimate of drug-likeness (QED) is 0.358. The van der Waals surface area contributed by atoms with Crippen LogP contribution >= 0.6 is 0 Å². The molecular formula is C32H40N4O3Si. The number of hydrogen-bond donors (Lipinski definition) is 2. The van der Waals surface area contributed by atoms with E-state index in [0.717, 1.165) is 40.4 Å². The van der Waals surface area contributed by atoms with Crippen LogP contribution < -0.4 is 5.32 Å². The third-order valence-corrected chi connectivity index (χ3v) is 13.4. The molecule has 5 rings (SSSR count). The van der Waals surface area contributed by atoms with Crippen LogP contribution in [-0.4, -0.2) is 49.3 Å². The summed E-state index contributed by atoms with van der Waals surface area (Å²) in [6.07, 6.45) is 2.95. The molecule has 2 aromatic carbocycles. The van der Waals surface area contributed by atoms with Crippen molar-refractivity contribution >= 4 is 14.0 Å². The van der Waals surface area contributed by atoms with Crippen molar-refractivity contribution in [2.45, 2.75) is 76.8 Å². The number of nitriles is 1. The monoisotopic (exact) mass is 556 g/mol. The fourth-order valence-electron chi connectivity index (χ4n) is 5.19. The molecule has 0 spiro atoms. The van der Waals surface area contributed by atoms with E-state index in [4.69, 9.17) is 14.1 Å². The lowest BCUT2D eigenvalue weighted by Crippen LogP contribution is -2.45. The van der Waals surface area contributed by atoms with Gasteiger partial charge in [-0.2, -0.15) is 5.26 Å². The molecule has 2 atom stereocenters. The second-order valence-electron chi connectivity index (χ2n) is 13.0. The van der Waals surface area contributed by atoms with Crippen LogP contribution in [0.5, 0.6) is 0 Å². The summed E-state index contributed by atoms with van der Waals surface area (Å²) in [6, 6.07) is 14.8. The smallest absolute Gasteiger partial charge is 0.192 e. The fraction of sp³-hybridized carbons (Fsp3) is 0.469. The van der Waals surface area contributed by atoms with Gasteiger partial charge in [0, 0.05) is 43.2 Å². The first kappa shape index (κ1) is 28.4. The molecule has 2 N–H and O–H groups in total. The molecular weight excluding hydrogens is 516 g/mol. The molecule has 0 radical (unpaired) electrons. The van der Waals surface area contributed by atoms with Crippen molar-refractivity contribution < 1.29 is 14.3 Å². The van der Waals surface area contributed by atoms with Gasteiger partial charge in [0.05, 0.1) is 36.3 Å². The highest BCUT2D eigenvalue weighted by Gasteiger charge is 2.42. The second kappa shape index (κ2) is 10.7. The van der Waals surface area contributed by atoms with E-state index in [9.17, 15) is 10.4 Å². The number of rotatable bonds is 7. The maximum Gasteiger partial charge on any atom is 0.192 e. The minimum absolute atomic E-state index is 0.0251. The zero-order chi connectivity index (χ0) is 28.7. The molecule has 7 nitrogen and oxygen atoms in total. The van der Waals surface area contributed by atoms with Crippen molar-refractivity contribution in [3.8, 4) is 17.3 Å². The highest BCUT2D eigenvalue weighted by atomic mass is 28.4. The molecule has 2 aliphatic heterocycles. The van der Waals surface area contributed by atoms with Gasteiger partial charge < -0.3 is 19.6 Å². The van der Waals surface area contributed by atoms with Crippen molar-refractivity contribution in [2.75, 3.05) is 25.1 Å². The minimum atomic E-state index is -1.93. The number of aromatic nitrogens is 2. The zero-order valence-electron chi connectivity index (χ0n) is 24.5. The average molecular weight is 557 g/mol. The molecule has 2 aliphatic rings. The van der Waals surface area contributed by atoms with Gasteiger partial charge in [0.15, 0.2) is 8.32 Å². The summed E-state index contributed by atoms with van der Waals surface area (Å²) in [5.41, 5.74) is 7.60. The summed E-state index contributed by atoms with van der Waals surface area (Å²) in [4.78, 5) is 9.48. The normalized spacial score (nSPS) is 20.4. The summed E-state index contributed by atoms with van der Waals surface area (Å²) >= 11 is 0. The van der Waals surface area contributed by atoms with Crippen LogP contribution in [0.15, 0.2) is 42.6 Å². The summed E-state index contributed by atoms with van der Waals surface area (Å²) in [7, 11) is -1.93. The second-order valence-corrected chi connectivity index (χ2v) is 17.8. The van der Waals surface area contributed by atoms with E-state index in [0.29, 0.717) is 31.6 Å². The zero-order valence-corrected chi connectivity index (χ0v) is 25.5. The number of ether oxygens (including phenoxy) is 1. The van der Waals surface area contributed by atoms with Crippen LogP contribution in [-0.2, 0) is 34.0 Å². The summed E-state index contributed by atoms with van der Waals surface area (Å²) in [5.74, 6) is 0.726. The van der Waals surface area contributed by atoms with Crippen molar-refractivity contribution in [3.05, 3.63) is 76.2 Å². The highest BCUT2D eigenvalue weighted by molar-refractivity contribution is 6.74. The molecule has 1 aromatic heterocycles. The van der Waals surface area contributed by atoms with Crippen molar-refractivity contribution in [1.82, 2.24) is 9.97 Å². The lowest BCUT2D eigenvalue weighted by atomic mass is 9.83. The molecule has 0 saturated carbocycles. The van der Waals surface area contributed by atoms with Gasteiger partial charge in [-0.3, -0.25) is 0 Å². The third-order valence-electron chi connectivity index (χ3n) is 8.88. The van der Waals surface area contributed by atoms with E-state index in [1.54, 1.807) is 6.20 Å². The summed E-state index contributed by atoms with van der Waals surface area (Å²) in [5, 5.41) is 23.2. The Kier molecular flexibility index (Phi) is 7.62. The van der Waals surface area contributed by atoms with Crippen LogP contribution in [0.3, 0.4) is 0 Å². The lowest BCUT2D eigenvalue weighted by molar-refractivity contribution is -0.00704. The van der Waals surface area contributed by atoms with Gasteiger partial charge in [-0.1, -0.05) is 45.9 Å². The Balaban J connectivity index is 1.42. The van der Waals surface area contributed by atoms with Crippen LogP contribution in [0, 0.1) is 11.3 Å². The molecule has 3 aromatic rings. The van der Waals surface area contributed by atoms with Crippen LogP contribution in [0.1, 0.15) is 61.3 Å². The Labute approximate surface area is 238 Å². The Morgan fingerprint density at radius 3 is 2.73 bits per heavy atom. The predicted octanol–water partition coefficient (Wildman–Crippen LogP) is 5.74. The largest absolute Gasteiger partial charge is 0.416 e. The maximum atomic E-state index is 10.0. The molecule has 0 aliphatic carbocycles. The Morgan fingerprint density at radius 2 is 2.00 bits per heavy atom. The highest BCUT2D eigenvalue weighted by Crippen LogP contribution is 2.44. The minimum Gasteiger partial charge on any atom is -0.416 e. The van der Waals surface area contributed by atoms with Gasteiger partial charge in [-0.25, -0.2) is 9.97 Å². The van der Waals surface area contributed by atoms with Gasteiger partial charge in [0.25, 0.3) is 0 Å². The van der Waals surface area contributed by atoms with E-state index in [1.807, 2.05) is 12.1 Å². The Bertz CT molecular complexity index is 1460. The van der Waals surface area contributed by atoms with Gasteiger partial charge in [0.2, 0.25) is 0 Å². The van der Waals surface area contributed by atoms with Crippen LogP contribution in [0.4, 0.5) is 5.69 Å². The molecule has 3 heterocycles. The predicted molar refractivity (Wildman–Crippen MR) is 160 cm³/mol. The molecule has 0 fully saturated rings. The van der Waals surface area contributed by atoms with Gasteiger partial charge in [0.1, 0.15) is 11.9 Å². The number of benzene rings is 2. The topological polar surface area (TPSA) is 100 Å². The molecule has 210 valence electrons. The number of aliphatic hydroxyl groups excluding tert-OH is 1. The van der Waals surface area contributed by atoms with Crippen molar-refractivity contribution in [3.63, 3.8) is 0 Å². The lowest BCUT2D eigenvalue weighted by Gasteiger charge is -2.39. The molecule has 0 saturated heterocycles. The molecule has 2 unspecified atom stereocenters. The number of nitrogens with zero attached hydrogens (tertiary/aromatic N) is 3. The number of aliphatic hydroxyl groups is 1. The molecule has 40 heavy (non-hydrogen) atoms. The molecule has 8 heteroatoms. The van der Waals surface area contributed by atoms with E-state index in [-0.39, 0.29) is 23.2 Å². The maximum absolute atomic E-state index is 10.0. The van der Waals surface area contributed by atoms with Gasteiger partial charge >= 0.3 is 0 Å². The number of fused-ring (bicyclic) bond motifs is 2. The van der Waals surface area contributed by atoms with E-state index < -0.39 is 8.32 Å². The first-order chi connectivity index (χ1) is 18.9. The van der Waals surface area contributed by atoms with Crippen molar-refractivity contribution in [2.24, 2.45) is 0 Å². The van der Waals surface area contributed by atoms with Crippen LogP contribution in [0.2, 0.25) is 18.1 Å². The summed E-state index contributed by atoms with van der Waals surface area (Å²) in [6.45, 7) is 15.4. The van der Waals surface area contributed by atoms with Crippen molar-refractivity contribution in [1.29, 1.82) is 5.26 Å². The van der Waals surface area contributed by atoms with Gasteiger partial charge in [-0.05, 0) is 58.6 Å². The van der Waals surface area contributed by atoms with Crippen LogP contribution in [0.25, 0.3) is 11.3 Å². The molecule has 0 bridgehead atoms. The van der Waals surface area contributed by atoms with Gasteiger partial charge in [-0.15, -0.1) is 0 Å².